The lowest BCUT2D eigenvalue weighted by Crippen LogP contribution is -2.20. The highest BCUT2D eigenvalue weighted by Crippen LogP contribution is 2.28. The van der Waals surface area contributed by atoms with Crippen LogP contribution >= 0.6 is 27.5 Å². The molecule has 0 spiro atoms. The van der Waals surface area contributed by atoms with Crippen LogP contribution in [0.2, 0.25) is 5.02 Å². The molecule has 162 valence electrons. The van der Waals surface area contributed by atoms with Gasteiger partial charge in [0.25, 0.3) is 15.9 Å². The van der Waals surface area contributed by atoms with Gasteiger partial charge in [0, 0.05) is 4.47 Å². The van der Waals surface area contributed by atoms with Gasteiger partial charge in [0.15, 0.2) is 6.61 Å². The number of halogens is 2. The maximum Gasteiger partial charge on any atom is 0.262 e. The number of carbonyl (C=O) groups excluding carboxylic acids is 1. The van der Waals surface area contributed by atoms with E-state index in [9.17, 15) is 13.2 Å². The summed E-state index contributed by atoms with van der Waals surface area (Å²) in [7, 11) is -2.36. The third-order valence-electron chi connectivity index (χ3n) is 4.06. The Balaban J connectivity index is 1.60. The molecule has 3 rings (SSSR count). The number of hydrogen-bond acceptors (Lipinski definition) is 5. The molecule has 10 heteroatoms. The van der Waals surface area contributed by atoms with E-state index in [2.05, 4.69) is 26.0 Å². The number of para-hydroxylation sites is 1. The number of nitrogens with one attached hydrogen (secondary N) is 2. The average molecular weight is 526 g/mol. The van der Waals surface area contributed by atoms with E-state index in [1.807, 2.05) is 12.1 Å². The van der Waals surface area contributed by atoms with Crippen molar-refractivity contribution in [2.75, 3.05) is 23.8 Å². The normalized spacial score (nSPS) is 10.9. The van der Waals surface area contributed by atoms with E-state index in [1.165, 1.54) is 37.4 Å². The van der Waals surface area contributed by atoms with Crippen molar-refractivity contribution >= 4 is 54.8 Å². The van der Waals surface area contributed by atoms with Crippen LogP contribution in [0.4, 0.5) is 11.4 Å². The monoisotopic (exact) mass is 524 g/mol. The molecule has 0 fully saturated rings. The summed E-state index contributed by atoms with van der Waals surface area (Å²) in [6.07, 6.45) is 0. The molecular formula is C21H18BrClN2O5S. The van der Waals surface area contributed by atoms with Crippen molar-refractivity contribution in [1.29, 1.82) is 0 Å². The zero-order valence-corrected chi connectivity index (χ0v) is 19.4. The quantitative estimate of drug-likeness (QED) is 0.435. The highest BCUT2D eigenvalue weighted by molar-refractivity contribution is 9.10. The van der Waals surface area contributed by atoms with Gasteiger partial charge in [-0.3, -0.25) is 9.52 Å². The van der Waals surface area contributed by atoms with Crippen molar-refractivity contribution in [3.63, 3.8) is 0 Å². The third-order valence-corrected chi connectivity index (χ3v) is 6.44. The Morgan fingerprint density at radius 3 is 2.42 bits per heavy atom. The minimum absolute atomic E-state index is 0.0319. The van der Waals surface area contributed by atoms with Crippen molar-refractivity contribution in [3.05, 3.63) is 76.2 Å². The number of carbonyl (C=O) groups is 1. The number of rotatable bonds is 8. The minimum Gasteiger partial charge on any atom is -0.495 e. The molecule has 0 bridgehead atoms. The molecule has 7 nitrogen and oxygen atoms in total. The number of ether oxygens (including phenoxy) is 2. The predicted octanol–water partition coefficient (Wildman–Crippen LogP) is 4.93. The molecule has 0 aliphatic rings. The van der Waals surface area contributed by atoms with Gasteiger partial charge in [-0.25, -0.2) is 8.42 Å². The van der Waals surface area contributed by atoms with Gasteiger partial charge in [0.2, 0.25) is 0 Å². The van der Waals surface area contributed by atoms with Gasteiger partial charge < -0.3 is 14.8 Å². The summed E-state index contributed by atoms with van der Waals surface area (Å²) in [6, 6.07) is 17.5. The minimum atomic E-state index is -3.83. The summed E-state index contributed by atoms with van der Waals surface area (Å²) in [5.74, 6) is 0.449. The van der Waals surface area contributed by atoms with Crippen molar-refractivity contribution < 1.29 is 22.7 Å². The van der Waals surface area contributed by atoms with Crippen molar-refractivity contribution in [3.8, 4) is 11.5 Å². The molecule has 0 aromatic heterocycles. The molecule has 0 atom stereocenters. The second-order valence-electron chi connectivity index (χ2n) is 6.24. The Hall–Kier alpha value is -2.75. The standard InChI is InChI=1S/C21H18BrClN2O5S/c1-29-20-11-6-14(12-18(20)23)25-31(27,28)16-9-7-15(8-10-16)30-13-21(26)24-19-5-3-2-4-17(19)22/h2-12,25H,13H2,1H3,(H,24,26). The van der Waals surface area contributed by atoms with E-state index in [4.69, 9.17) is 21.1 Å². The maximum atomic E-state index is 12.6. The molecule has 3 aromatic carbocycles. The highest BCUT2D eigenvalue weighted by Gasteiger charge is 2.15. The Bertz CT molecular complexity index is 1190. The highest BCUT2D eigenvalue weighted by atomic mass is 79.9. The van der Waals surface area contributed by atoms with Gasteiger partial charge in [-0.05, 0) is 70.5 Å². The largest absolute Gasteiger partial charge is 0.495 e. The summed E-state index contributed by atoms with van der Waals surface area (Å²) in [5, 5.41) is 3.00. The van der Waals surface area contributed by atoms with Gasteiger partial charge in [0.05, 0.1) is 28.4 Å². The summed E-state index contributed by atoms with van der Waals surface area (Å²) in [4.78, 5) is 12.1. The van der Waals surface area contributed by atoms with Crippen LogP contribution in [-0.2, 0) is 14.8 Å². The van der Waals surface area contributed by atoms with Gasteiger partial charge >= 0.3 is 0 Å². The first-order valence-electron chi connectivity index (χ1n) is 8.92. The third kappa shape index (κ3) is 6.13. The van der Waals surface area contributed by atoms with Crippen molar-refractivity contribution in [1.82, 2.24) is 0 Å². The average Bonchev–Trinajstić information content (AvgIpc) is 2.74. The summed E-state index contributed by atoms with van der Waals surface area (Å²) in [6.45, 7) is -0.226. The van der Waals surface area contributed by atoms with Crippen LogP contribution in [0.25, 0.3) is 0 Å². The number of amides is 1. The summed E-state index contributed by atoms with van der Waals surface area (Å²) >= 11 is 9.38. The van der Waals surface area contributed by atoms with E-state index in [0.29, 0.717) is 22.9 Å². The van der Waals surface area contributed by atoms with E-state index in [1.54, 1.807) is 24.3 Å². The maximum absolute atomic E-state index is 12.6. The van der Waals surface area contributed by atoms with Crippen LogP contribution in [0.3, 0.4) is 0 Å². The zero-order valence-electron chi connectivity index (χ0n) is 16.3. The second kappa shape index (κ2) is 10.0. The van der Waals surface area contributed by atoms with Crippen LogP contribution in [0.5, 0.6) is 11.5 Å². The second-order valence-corrected chi connectivity index (χ2v) is 9.19. The van der Waals surface area contributed by atoms with Gasteiger partial charge in [-0.15, -0.1) is 0 Å². The summed E-state index contributed by atoms with van der Waals surface area (Å²) < 4.78 is 38.9. The van der Waals surface area contributed by atoms with Crippen LogP contribution in [0.1, 0.15) is 0 Å². The van der Waals surface area contributed by atoms with Gasteiger partial charge in [0.1, 0.15) is 11.5 Å². The Morgan fingerprint density at radius 2 is 1.77 bits per heavy atom. The first-order valence-corrected chi connectivity index (χ1v) is 11.6. The molecule has 0 aliphatic heterocycles. The predicted molar refractivity (Wildman–Crippen MR) is 124 cm³/mol. The molecule has 3 aromatic rings. The molecule has 1 amide bonds. The SMILES string of the molecule is COc1ccc(NS(=O)(=O)c2ccc(OCC(=O)Nc3ccccc3Br)cc2)cc1Cl. The molecule has 0 unspecified atom stereocenters. The van der Waals surface area contributed by atoms with Crippen LogP contribution in [0.15, 0.2) is 76.1 Å². The number of benzene rings is 3. The molecule has 31 heavy (non-hydrogen) atoms. The fourth-order valence-corrected chi connectivity index (χ4v) is 4.25. The number of anilines is 2. The lowest BCUT2D eigenvalue weighted by molar-refractivity contribution is -0.118. The first kappa shape index (κ1) is 22.9. The number of hydrogen-bond donors (Lipinski definition) is 2. The van der Waals surface area contributed by atoms with Gasteiger partial charge in [-0.2, -0.15) is 0 Å². The fraction of sp³-hybridized carbons (Fsp3) is 0.0952. The zero-order chi connectivity index (χ0) is 22.4. The number of methoxy groups -OCH3 is 1. The Labute approximate surface area is 193 Å². The van der Waals surface area contributed by atoms with Crippen molar-refractivity contribution in [2.24, 2.45) is 0 Å². The molecular weight excluding hydrogens is 508 g/mol. The van der Waals surface area contributed by atoms with Crippen LogP contribution in [0, 0.1) is 0 Å². The molecule has 0 saturated heterocycles. The van der Waals surface area contributed by atoms with E-state index in [0.717, 1.165) is 4.47 Å². The lowest BCUT2D eigenvalue weighted by atomic mass is 10.3. The molecule has 2 N–H and O–H groups in total. The van der Waals surface area contributed by atoms with Crippen LogP contribution < -0.4 is 19.5 Å². The molecule has 0 heterocycles. The summed E-state index contributed by atoms with van der Waals surface area (Å²) in [5.41, 5.74) is 0.928. The van der Waals surface area contributed by atoms with E-state index in [-0.39, 0.29) is 22.4 Å². The number of sulfonamides is 1. The fourth-order valence-electron chi connectivity index (χ4n) is 2.56. The topological polar surface area (TPSA) is 93.7 Å². The smallest absolute Gasteiger partial charge is 0.262 e. The van der Waals surface area contributed by atoms with E-state index >= 15 is 0 Å². The Kier molecular flexibility index (Phi) is 7.42. The lowest BCUT2D eigenvalue weighted by Gasteiger charge is -2.11. The van der Waals surface area contributed by atoms with E-state index < -0.39 is 10.0 Å². The van der Waals surface area contributed by atoms with Crippen molar-refractivity contribution in [2.45, 2.75) is 4.90 Å². The first-order chi connectivity index (χ1) is 14.8. The van der Waals surface area contributed by atoms with Crippen LogP contribution in [-0.4, -0.2) is 28.0 Å². The molecule has 0 saturated carbocycles. The molecule has 0 radical (unpaired) electrons. The van der Waals surface area contributed by atoms with Gasteiger partial charge in [-0.1, -0.05) is 23.7 Å². The molecule has 0 aliphatic carbocycles. The Morgan fingerprint density at radius 1 is 1.06 bits per heavy atom.